The first-order chi connectivity index (χ1) is 12.9. The number of halogens is 1. The minimum atomic E-state index is -2.34. The molecule has 0 aliphatic carbocycles. The van der Waals surface area contributed by atoms with E-state index in [0.29, 0.717) is 5.88 Å². The predicted molar refractivity (Wildman–Crippen MR) is 110 cm³/mol. The van der Waals surface area contributed by atoms with Crippen LogP contribution in [0.1, 0.15) is 0 Å². The molecule has 0 saturated carbocycles. The van der Waals surface area contributed by atoms with E-state index in [1.165, 1.54) is 15.9 Å². The van der Waals surface area contributed by atoms with Crippen LogP contribution in [0, 0.1) is 0 Å². The first-order valence-corrected chi connectivity index (χ1v) is 10.3. The summed E-state index contributed by atoms with van der Waals surface area (Å²) in [6.45, 7) is 0. The minimum Gasteiger partial charge on any atom is -1.00 e. The van der Waals surface area contributed by atoms with Gasteiger partial charge in [-0.2, -0.15) is 0 Å². The van der Waals surface area contributed by atoms with E-state index < -0.39 is 7.49 Å². The van der Waals surface area contributed by atoms with E-state index in [4.69, 9.17) is 4.52 Å². The zero-order valence-electron chi connectivity index (χ0n) is 14.7. The summed E-state index contributed by atoms with van der Waals surface area (Å²) in [6, 6.07) is 37.2. The average Bonchev–Trinajstić information content (AvgIpc) is 2.75. The Hall–Kier alpha value is -2.67. The third-order valence-corrected chi connectivity index (χ3v) is 7.76. The van der Waals surface area contributed by atoms with E-state index in [9.17, 15) is 0 Å². The Labute approximate surface area is 166 Å². The van der Waals surface area contributed by atoms with Gasteiger partial charge in [-0.3, -0.25) is 0 Å². The summed E-state index contributed by atoms with van der Waals surface area (Å²) in [5, 5.41) is 3.51. The lowest BCUT2D eigenvalue weighted by Crippen LogP contribution is -3.00. The first-order valence-electron chi connectivity index (χ1n) is 8.56. The molecular formula is C23H19ClNOP. The molecule has 27 heavy (non-hydrogen) atoms. The molecule has 1 heterocycles. The van der Waals surface area contributed by atoms with Gasteiger partial charge in [-0.25, -0.2) is 4.98 Å². The van der Waals surface area contributed by atoms with Gasteiger partial charge in [0.2, 0.25) is 0 Å². The van der Waals surface area contributed by atoms with E-state index in [0.717, 1.165) is 0 Å². The van der Waals surface area contributed by atoms with Gasteiger partial charge in [0.1, 0.15) is 15.9 Å². The van der Waals surface area contributed by atoms with E-state index in [2.05, 4.69) is 77.8 Å². The van der Waals surface area contributed by atoms with Crippen LogP contribution in [0.5, 0.6) is 5.88 Å². The molecule has 0 aliphatic rings. The van der Waals surface area contributed by atoms with Crippen molar-refractivity contribution in [1.29, 1.82) is 0 Å². The fraction of sp³-hybridized carbons (Fsp3) is 0. The summed E-state index contributed by atoms with van der Waals surface area (Å²) >= 11 is 0. The molecule has 4 rings (SSSR count). The molecule has 3 aromatic carbocycles. The molecule has 1 aromatic heterocycles. The monoisotopic (exact) mass is 391 g/mol. The van der Waals surface area contributed by atoms with Crippen molar-refractivity contribution < 1.29 is 16.9 Å². The van der Waals surface area contributed by atoms with Crippen molar-refractivity contribution in [1.82, 2.24) is 4.98 Å². The fourth-order valence-electron chi connectivity index (χ4n) is 3.06. The molecule has 0 spiro atoms. The Morgan fingerprint density at radius 1 is 0.519 bits per heavy atom. The molecule has 4 heteroatoms. The number of hydrogen-bond donors (Lipinski definition) is 0. The van der Waals surface area contributed by atoms with Crippen LogP contribution in [0.4, 0.5) is 0 Å². The van der Waals surface area contributed by atoms with Crippen molar-refractivity contribution >= 4 is 23.4 Å². The Kier molecular flexibility index (Phi) is 6.24. The lowest BCUT2D eigenvalue weighted by Gasteiger charge is -2.25. The number of aromatic nitrogens is 1. The number of nitrogens with zero attached hydrogens (tertiary/aromatic N) is 1. The highest BCUT2D eigenvalue weighted by Gasteiger charge is 2.49. The van der Waals surface area contributed by atoms with Crippen LogP contribution < -0.4 is 32.8 Å². The lowest BCUT2D eigenvalue weighted by molar-refractivity contribution is -0.00000567. The second-order valence-electron chi connectivity index (χ2n) is 5.88. The highest BCUT2D eigenvalue weighted by molar-refractivity contribution is 7.92. The molecule has 0 atom stereocenters. The van der Waals surface area contributed by atoms with Crippen LogP contribution in [0.15, 0.2) is 115 Å². The van der Waals surface area contributed by atoms with Crippen molar-refractivity contribution in [3.8, 4) is 5.88 Å². The lowest BCUT2D eigenvalue weighted by atomic mass is 10.4. The average molecular weight is 392 g/mol. The zero-order valence-corrected chi connectivity index (χ0v) is 16.3. The molecule has 0 amide bonds. The highest BCUT2D eigenvalue weighted by atomic mass is 35.5. The maximum absolute atomic E-state index is 6.76. The van der Waals surface area contributed by atoms with Gasteiger partial charge in [0, 0.05) is 12.3 Å². The van der Waals surface area contributed by atoms with Gasteiger partial charge in [0.05, 0.1) is 0 Å². The highest BCUT2D eigenvalue weighted by Crippen LogP contribution is 2.55. The SMILES string of the molecule is [Cl-].c1ccc([P+](Oc2ccccn2)(c2ccccc2)c2ccccc2)cc1. The largest absolute Gasteiger partial charge is 1.00 e. The Balaban J connectivity index is 0.00000210. The first kappa shape index (κ1) is 19.1. The van der Waals surface area contributed by atoms with Crippen LogP contribution in [0.2, 0.25) is 0 Å². The van der Waals surface area contributed by atoms with Crippen molar-refractivity contribution in [2.45, 2.75) is 0 Å². The van der Waals surface area contributed by atoms with E-state index in [1.54, 1.807) is 6.20 Å². The van der Waals surface area contributed by atoms with E-state index in [1.807, 2.05) is 36.4 Å². The molecule has 2 nitrogen and oxygen atoms in total. The van der Waals surface area contributed by atoms with Gasteiger partial charge in [-0.15, -0.1) is 0 Å². The number of pyridine rings is 1. The minimum absolute atomic E-state index is 0. The van der Waals surface area contributed by atoms with Gasteiger partial charge < -0.3 is 16.9 Å². The molecular weight excluding hydrogens is 373 g/mol. The van der Waals surface area contributed by atoms with Crippen molar-refractivity contribution in [3.63, 3.8) is 0 Å². The second kappa shape index (κ2) is 8.81. The summed E-state index contributed by atoms with van der Waals surface area (Å²) in [5.74, 6) is 0.636. The van der Waals surface area contributed by atoms with Gasteiger partial charge >= 0.3 is 0 Å². The molecule has 0 unspecified atom stereocenters. The third kappa shape index (κ3) is 3.88. The normalized spacial score (nSPS) is 10.7. The fourth-order valence-corrected chi connectivity index (χ4v) is 6.44. The van der Waals surface area contributed by atoms with Crippen LogP contribution in [0.3, 0.4) is 0 Å². The Bertz CT molecular complexity index is 854. The standard InChI is InChI=1S/C23H19NOP.ClH/c1-4-12-20(13-5-1)26(21-14-6-2-7-15-21,22-16-8-3-9-17-22)25-23-18-10-11-19-24-23;/h1-19H;1H/q+1;/p-1. The molecule has 0 fully saturated rings. The van der Waals surface area contributed by atoms with Crippen LogP contribution in [-0.2, 0) is 0 Å². The van der Waals surface area contributed by atoms with Crippen molar-refractivity contribution in [2.75, 3.05) is 0 Å². The summed E-state index contributed by atoms with van der Waals surface area (Å²) < 4.78 is 6.76. The summed E-state index contributed by atoms with van der Waals surface area (Å²) in [4.78, 5) is 4.45. The predicted octanol–water partition coefficient (Wildman–Crippen LogP) is 1.37. The Morgan fingerprint density at radius 3 is 1.30 bits per heavy atom. The van der Waals surface area contributed by atoms with Crippen molar-refractivity contribution in [3.05, 3.63) is 115 Å². The third-order valence-electron chi connectivity index (χ3n) is 4.23. The maximum atomic E-state index is 6.76. The molecule has 0 N–H and O–H groups in total. The maximum Gasteiger partial charge on any atom is 0.289 e. The van der Waals surface area contributed by atoms with Crippen molar-refractivity contribution in [2.24, 2.45) is 0 Å². The number of benzene rings is 3. The summed E-state index contributed by atoms with van der Waals surface area (Å²) in [7, 11) is -2.34. The Morgan fingerprint density at radius 2 is 0.926 bits per heavy atom. The molecule has 0 radical (unpaired) electrons. The molecule has 0 saturated heterocycles. The number of rotatable bonds is 5. The molecule has 0 aliphatic heterocycles. The molecule has 134 valence electrons. The van der Waals surface area contributed by atoms with E-state index in [-0.39, 0.29) is 12.4 Å². The zero-order chi connectivity index (χ0) is 17.7. The quantitative estimate of drug-likeness (QED) is 0.479. The summed E-state index contributed by atoms with van der Waals surface area (Å²) in [5.41, 5.74) is 0. The smallest absolute Gasteiger partial charge is 0.289 e. The topological polar surface area (TPSA) is 22.1 Å². The van der Waals surface area contributed by atoms with Crippen LogP contribution >= 0.6 is 7.49 Å². The van der Waals surface area contributed by atoms with Gasteiger partial charge in [0.25, 0.3) is 13.4 Å². The van der Waals surface area contributed by atoms with E-state index >= 15 is 0 Å². The van der Waals surface area contributed by atoms with Gasteiger partial charge in [-0.05, 0) is 42.5 Å². The van der Waals surface area contributed by atoms with Gasteiger partial charge in [0.15, 0.2) is 0 Å². The number of hydrogen-bond acceptors (Lipinski definition) is 2. The second-order valence-corrected chi connectivity index (χ2v) is 8.83. The molecule has 4 aromatic rings. The van der Waals surface area contributed by atoms with Crippen LogP contribution in [-0.4, -0.2) is 4.98 Å². The van der Waals surface area contributed by atoms with Crippen LogP contribution in [0.25, 0.3) is 0 Å². The summed E-state index contributed by atoms with van der Waals surface area (Å²) in [6.07, 6.45) is 1.77. The molecule has 0 bridgehead atoms. The van der Waals surface area contributed by atoms with Gasteiger partial charge in [-0.1, -0.05) is 60.7 Å².